The minimum atomic E-state index is 0.823. The van der Waals surface area contributed by atoms with Crippen LogP contribution in [0.1, 0.15) is 0 Å². The molecule has 0 fully saturated rings. The van der Waals surface area contributed by atoms with E-state index in [-0.39, 0.29) is 0 Å². The fraction of sp³-hybridized carbons (Fsp3) is 0. The number of hydrogen-bond donors (Lipinski definition) is 0. The van der Waals surface area contributed by atoms with E-state index in [2.05, 4.69) is 165 Å². The third kappa shape index (κ3) is 3.88. The van der Waals surface area contributed by atoms with Crippen molar-refractivity contribution in [2.45, 2.75) is 9.79 Å². The summed E-state index contributed by atoms with van der Waals surface area (Å²) in [5, 5.41) is 11.7. The Balaban J connectivity index is 1.11. The Hall–Kier alpha value is -5.59. The van der Waals surface area contributed by atoms with Crippen LogP contribution in [0.4, 0.5) is 17.1 Å². The molecule has 0 unspecified atom stereocenters. The van der Waals surface area contributed by atoms with Gasteiger partial charge in [0, 0.05) is 31.8 Å². The highest BCUT2D eigenvalue weighted by atomic mass is 32.2. The molecule has 3 heterocycles. The summed E-state index contributed by atoms with van der Waals surface area (Å²) in [5.74, 6) is 0. The Morgan fingerprint density at radius 2 is 1.00 bits per heavy atom. The second-order valence-electron chi connectivity index (χ2n) is 10.8. The average Bonchev–Trinajstić information content (AvgIpc) is 3.71. The van der Waals surface area contributed by atoms with E-state index in [0.717, 1.165) is 39.7 Å². The van der Waals surface area contributed by atoms with Gasteiger partial charge >= 0.3 is 0 Å². The molecule has 44 heavy (non-hydrogen) atoms. The molecule has 208 valence electrons. The number of aromatic nitrogens is 4. The molecule has 0 bridgehead atoms. The third-order valence-electron chi connectivity index (χ3n) is 8.30. The number of para-hydroxylation sites is 6. The number of anilines is 3. The topological polar surface area (TPSA) is 38.9 Å². The van der Waals surface area contributed by atoms with Gasteiger partial charge in [0.2, 0.25) is 0 Å². The summed E-state index contributed by atoms with van der Waals surface area (Å²) in [4.78, 5) is 4.78. The average molecular weight is 584 g/mol. The summed E-state index contributed by atoms with van der Waals surface area (Å²) in [6, 6.07) is 51.3. The van der Waals surface area contributed by atoms with Crippen LogP contribution in [-0.2, 0) is 0 Å². The Kier molecular flexibility index (Phi) is 5.67. The van der Waals surface area contributed by atoms with E-state index < -0.39 is 0 Å². The monoisotopic (exact) mass is 583 g/mol. The molecule has 2 aromatic heterocycles. The predicted molar refractivity (Wildman–Crippen MR) is 180 cm³/mol. The summed E-state index contributed by atoms with van der Waals surface area (Å²) >= 11 is 1.81. The number of rotatable bonds is 4. The third-order valence-corrected chi connectivity index (χ3v) is 9.43. The molecule has 0 atom stereocenters. The summed E-state index contributed by atoms with van der Waals surface area (Å²) in [6.07, 6.45) is 2.02. The standard InChI is InChI=1S/C38H25N5S/c1-3-13-31-28(11-1)29-12-2-4-14-32(29)42(31)27-23-21-26(22-24-27)30-25-41(40-39-30)33-15-5-6-16-34(33)43-35-17-7-9-19-37(35)44-38-20-10-8-18-36(38)43/h1-25H. The molecule has 1 aliphatic heterocycles. The van der Waals surface area contributed by atoms with Crippen molar-refractivity contribution in [1.82, 2.24) is 19.6 Å². The molecular weight excluding hydrogens is 559 g/mol. The van der Waals surface area contributed by atoms with Crippen LogP contribution in [0.2, 0.25) is 0 Å². The van der Waals surface area contributed by atoms with Crippen LogP contribution in [0.15, 0.2) is 162 Å². The molecule has 1 aliphatic rings. The zero-order valence-corrected chi connectivity index (χ0v) is 24.4. The van der Waals surface area contributed by atoms with Gasteiger partial charge in [0.25, 0.3) is 0 Å². The highest BCUT2D eigenvalue weighted by molar-refractivity contribution is 7.99. The maximum atomic E-state index is 4.61. The maximum Gasteiger partial charge on any atom is 0.113 e. The van der Waals surface area contributed by atoms with Crippen molar-refractivity contribution in [3.05, 3.63) is 152 Å². The molecule has 0 N–H and O–H groups in total. The molecule has 0 saturated heterocycles. The van der Waals surface area contributed by atoms with E-state index in [1.54, 1.807) is 11.8 Å². The van der Waals surface area contributed by atoms with Gasteiger partial charge in [-0.25, -0.2) is 4.68 Å². The lowest BCUT2D eigenvalue weighted by molar-refractivity contribution is 0.803. The fourth-order valence-electron chi connectivity index (χ4n) is 6.31. The second-order valence-corrected chi connectivity index (χ2v) is 11.9. The molecule has 6 heteroatoms. The first-order valence-corrected chi connectivity index (χ1v) is 15.4. The normalized spacial score (nSPS) is 12.4. The van der Waals surface area contributed by atoms with Gasteiger partial charge < -0.3 is 9.47 Å². The number of benzene rings is 6. The molecule has 0 spiro atoms. The Morgan fingerprint density at radius 3 is 1.64 bits per heavy atom. The molecule has 0 aliphatic carbocycles. The van der Waals surface area contributed by atoms with Crippen LogP contribution in [-0.4, -0.2) is 19.6 Å². The van der Waals surface area contributed by atoms with Crippen LogP contribution in [0.5, 0.6) is 0 Å². The van der Waals surface area contributed by atoms with Crippen molar-refractivity contribution < 1.29 is 0 Å². The minimum Gasteiger partial charge on any atom is -0.309 e. The van der Waals surface area contributed by atoms with Crippen molar-refractivity contribution in [2.24, 2.45) is 0 Å². The molecule has 0 radical (unpaired) electrons. The number of hydrogen-bond acceptors (Lipinski definition) is 4. The zero-order chi connectivity index (χ0) is 29.0. The largest absolute Gasteiger partial charge is 0.309 e. The van der Waals surface area contributed by atoms with E-state index in [1.807, 2.05) is 10.9 Å². The van der Waals surface area contributed by atoms with Gasteiger partial charge in [0.05, 0.1) is 40.0 Å². The summed E-state index contributed by atoms with van der Waals surface area (Å²) < 4.78 is 4.21. The first kappa shape index (κ1) is 25.0. The van der Waals surface area contributed by atoms with Crippen LogP contribution in [0.25, 0.3) is 44.4 Å². The minimum absolute atomic E-state index is 0.823. The van der Waals surface area contributed by atoms with Crippen molar-refractivity contribution in [3.63, 3.8) is 0 Å². The van der Waals surface area contributed by atoms with Crippen LogP contribution in [0.3, 0.4) is 0 Å². The lowest BCUT2D eigenvalue weighted by Crippen LogP contribution is -2.17. The predicted octanol–water partition coefficient (Wildman–Crippen LogP) is 9.97. The van der Waals surface area contributed by atoms with E-state index >= 15 is 0 Å². The maximum absolute atomic E-state index is 4.61. The van der Waals surface area contributed by atoms with Crippen molar-refractivity contribution in [3.8, 4) is 22.6 Å². The van der Waals surface area contributed by atoms with E-state index in [9.17, 15) is 0 Å². The number of nitrogens with zero attached hydrogens (tertiary/aromatic N) is 5. The Labute approximate surface area is 258 Å². The molecule has 0 amide bonds. The summed E-state index contributed by atoms with van der Waals surface area (Å²) in [6.45, 7) is 0. The van der Waals surface area contributed by atoms with Gasteiger partial charge in [-0.15, -0.1) is 5.10 Å². The first-order chi connectivity index (χ1) is 21.8. The van der Waals surface area contributed by atoms with E-state index in [1.165, 1.54) is 31.6 Å². The van der Waals surface area contributed by atoms with E-state index in [0.29, 0.717) is 0 Å². The van der Waals surface area contributed by atoms with Crippen LogP contribution < -0.4 is 4.90 Å². The highest BCUT2D eigenvalue weighted by Gasteiger charge is 2.26. The fourth-order valence-corrected chi connectivity index (χ4v) is 7.36. The van der Waals surface area contributed by atoms with E-state index in [4.69, 9.17) is 0 Å². The van der Waals surface area contributed by atoms with Crippen LogP contribution in [0, 0.1) is 0 Å². The Bertz CT molecular complexity index is 2230. The zero-order valence-electron chi connectivity index (χ0n) is 23.6. The highest BCUT2D eigenvalue weighted by Crippen LogP contribution is 2.52. The van der Waals surface area contributed by atoms with Gasteiger partial charge in [0.15, 0.2) is 0 Å². The van der Waals surface area contributed by atoms with Crippen molar-refractivity contribution >= 4 is 50.6 Å². The summed E-state index contributed by atoms with van der Waals surface area (Å²) in [7, 11) is 0. The molecule has 9 rings (SSSR count). The van der Waals surface area contributed by atoms with Gasteiger partial charge in [0.1, 0.15) is 5.69 Å². The van der Waals surface area contributed by atoms with Crippen molar-refractivity contribution in [2.75, 3.05) is 4.90 Å². The van der Waals surface area contributed by atoms with Gasteiger partial charge in [-0.2, -0.15) is 0 Å². The molecule has 6 aromatic carbocycles. The van der Waals surface area contributed by atoms with Gasteiger partial charge in [-0.1, -0.05) is 102 Å². The molecule has 8 aromatic rings. The Morgan fingerprint density at radius 1 is 0.477 bits per heavy atom. The quantitative estimate of drug-likeness (QED) is 0.207. The second kappa shape index (κ2) is 10.0. The lowest BCUT2D eigenvalue weighted by atomic mass is 10.1. The SMILES string of the molecule is c1ccc2c(c1)Sc1ccccc1N2c1ccccc1-n1cc(-c2ccc(-n3c4ccccc4c4ccccc43)cc2)nn1. The molecular formula is C38H25N5S. The first-order valence-electron chi connectivity index (χ1n) is 14.6. The van der Waals surface area contributed by atoms with Crippen LogP contribution >= 0.6 is 11.8 Å². The number of fused-ring (bicyclic) bond motifs is 5. The molecule has 5 nitrogen and oxygen atoms in total. The summed E-state index contributed by atoms with van der Waals surface area (Å²) in [5.41, 5.74) is 9.67. The van der Waals surface area contributed by atoms with Gasteiger partial charge in [-0.05, 0) is 60.7 Å². The smallest absolute Gasteiger partial charge is 0.113 e. The molecule has 0 saturated carbocycles. The lowest BCUT2D eigenvalue weighted by Gasteiger charge is -2.33. The van der Waals surface area contributed by atoms with Gasteiger partial charge in [-0.3, -0.25) is 0 Å². The van der Waals surface area contributed by atoms with Crippen molar-refractivity contribution in [1.29, 1.82) is 0 Å².